The second kappa shape index (κ2) is 3.11. The van der Waals surface area contributed by atoms with Crippen molar-refractivity contribution in [1.82, 2.24) is 0 Å². The van der Waals surface area contributed by atoms with Crippen LogP contribution in [0.1, 0.15) is 18.4 Å². The summed E-state index contributed by atoms with van der Waals surface area (Å²) in [5, 5.41) is 10.1. The highest BCUT2D eigenvalue weighted by atomic mass is 35.5. The lowest BCUT2D eigenvalue weighted by molar-refractivity contribution is 0.146. The molecule has 0 saturated heterocycles. The quantitative estimate of drug-likeness (QED) is 0.823. The maximum absolute atomic E-state index is 13.3. The van der Waals surface area contributed by atoms with Crippen LogP contribution in [0.4, 0.5) is 4.39 Å². The van der Waals surface area contributed by atoms with E-state index in [1.165, 1.54) is 13.2 Å². The van der Waals surface area contributed by atoms with Crippen molar-refractivity contribution in [1.29, 1.82) is 0 Å². The monoisotopic (exact) mass is 216 g/mol. The van der Waals surface area contributed by atoms with Crippen molar-refractivity contribution in [3.05, 3.63) is 28.5 Å². The van der Waals surface area contributed by atoms with Gasteiger partial charge in [-0.15, -0.1) is 0 Å². The zero-order valence-electron chi connectivity index (χ0n) is 7.68. The van der Waals surface area contributed by atoms with Gasteiger partial charge in [0.1, 0.15) is 0 Å². The predicted molar refractivity (Wildman–Crippen MR) is 51.1 cm³/mol. The Morgan fingerprint density at radius 1 is 1.50 bits per heavy atom. The molecule has 0 spiro atoms. The molecule has 0 unspecified atom stereocenters. The van der Waals surface area contributed by atoms with Gasteiger partial charge >= 0.3 is 0 Å². The van der Waals surface area contributed by atoms with E-state index in [1.807, 2.05) is 0 Å². The molecule has 0 aliphatic heterocycles. The molecule has 2 nitrogen and oxygen atoms in total. The number of methoxy groups -OCH3 is 1. The minimum absolute atomic E-state index is 0.0920. The molecule has 0 radical (unpaired) electrons. The third-order valence-electron chi connectivity index (χ3n) is 2.44. The standard InChI is InChI=1S/C10H10ClFO2/c1-14-9-7(10(13)2-3-10)4-6(11)5-8(9)12/h4-5,13H,2-3H2,1H3. The Labute approximate surface area is 86.3 Å². The summed E-state index contributed by atoms with van der Waals surface area (Å²) in [6.45, 7) is 0. The zero-order valence-corrected chi connectivity index (χ0v) is 8.44. The molecule has 0 bridgehead atoms. The number of halogens is 2. The molecule has 0 heterocycles. The van der Waals surface area contributed by atoms with Crippen LogP contribution < -0.4 is 4.74 Å². The van der Waals surface area contributed by atoms with Gasteiger partial charge < -0.3 is 9.84 Å². The van der Waals surface area contributed by atoms with Crippen molar-refractivity contribution in [3.63, 3.8) is 0 Å². The van der Waals surface area contributed by atoms with Crippen LogP contribution in [0.5, 0.6) is 5.75 Å². The van der Waals surface area contributed by atoms with Gasteiger partial charge in [0.15, 0.2) is 11.6 Å². The fraction of sp³-hybridized carbons (Fsp3) is 0.400. The average Bonchev–Trinajstić information content (AvgIpc) is 2.84. The molecular formula is C10H10ClFO2. The maximum atomic E-state index is 13.3. The summed E-state index contributed by atoms with van der Waals surface area (Å²) < 4.78 is 18.3. The molecule has 76 valence electrons. The van der Waals surface area contributed by atoms with E-state index < -0.39 is 11.4 Å². The van der Waals surface area contributed by atoms with E-state index in [1.54, 1.807) is 6.07 Å². The Kier molecular flexibility index (Phi) is 2.16. The number of benzene rings is 1. The summed E-state index contributed by atoms with van der Waals surface area (Å²) in [4.78, 5) is 0. The fourth-order valence-electron chi connectivity index (χ4n) is 1.50. The minimum Gasteiger partial charge on any atom is -0.493 e. The second-order valence-corrected chi connectivity index (χ2v) is 3.94. The Morgan fingerprint density at radius 2 is 2.14 bits per heavy atom. The van der Waals surface area contributed by atoms with E-state index in [4.69, 9.17) is 16.3 Å². The Hall–Kier alpha value is -0.800. The molecule has 1 fully saturated rings. The van der Waals surface area contributed by atoms with Gasteiger partial charge in [0.2, 0.25) is 0 Å². The van der Waals surface area contributed by atoms with Gasteiger partial charge in [-0.05, 0) is 25.0 Å². The highest BCUT2D eigenvalue weighted by Gasteiger charge is 2.45. The van der Waals surface area contributed by atoms with Crippen LogP contribution in [0, 0.1) is 5.82 Å². The summed E-state index contributed by atoms with van der Waals surface area (Å²) in [5.41, 5.74) is -0.484. The van der Waals surface area contributed by atoms with Crippen molar-refractivity contribution in [2.45, 2.75) is 18.4 Å². The van der Waals surface area contributed by atoms with Crippen molar-refractivity contribution in [2.24, 2.45) is 0 Å². The predicted octanol–water partition coefficient (Wildman–Crippen LogP) is 2.47. The van der Waals surface area contributed by atoms with Crippen molar-refractivity contribution in [3.8, 4) is 5.75 Å². The third kappa shape index (κ3) is 1.47. The first kappa shape index (κ1) is 9.74. The van der Waals surface area contributed by atoms with Crippen LogP contribution in [0.15, 0.2) is 12.1 Å². The van der Waals surface area contributed by atoms with E-state index >= 15 is 0 Å². The third-order valence-corrected chi connectivity index (χ3v) is 2.66. The average molecular weight is 217 g/mol. The lowest BCUT2D eigenvalue weighted by Crippen LogP contribution is -2.08. The topological polar surface area (TPSA) is 29.5 Å². The zero-order chi connectivity index (χ0) is 10.3. The largest absolute Gasteiger partial charge is 0.493 e. The normalized spacial score (nSPS) is 18.0. The number of rotatable bonds is 2. The SMILES string of the molecule is COc1c(F)cc(Cl)cc1C1(O)CC1. The first-order valence-corrected chi connectivity index (χ1v) is 4.70. The van der Waals surface area contributed by atoms with Crippen LogP contribution in [0.2, 0.25) is 5.02 Å². The molecule has 1 aromatic carbocycles. The summed E-state index contributed by atoms with van der Waals surface area (Å²) >= 11 is 5.71. The van der Waals surface area contributed by atoms with Crippen molar-refractivity contribution in [2.75, 3.05) is 7.11 Å². The van der Waals surface area contributed by atoms with Crippen molar-refractivity contribution >= 4 is 11.6 Å². The Morgan fingerprint density at radius 3 is 2.64 bits per heavy atom. The van der Waals surface area contributed by atoms with E-state index in [0.717, 1.165) is 0 Å². The number of hydrogen-bond donors (Lipinski definition) is 1. The highest BCUT2D eigenvalue weighted by Crippen LogP contribution is 2.49. The summed E-state index contributed by atoms with van der Waals surface area (Å²) in [5.74, 6) is -0.440. The molecule has 0 atom stereocenters. The van der Waals surface area contributed by atoms with Crippen molar-refractivity contribution < 1.29 is 14.2 Å². The van der Waals surface area contributed by atoms with Gasteiger partial charge in [-0.2, -0.15) is 0 Å². The lowest BCUT2D eigenvalue weighted by atomic mass is 10.1. The molecular weight excluding hydrogens is 207 g/mol. The smallest absolute Gasteiger partial charge is 0.166 e. The lowest BCUT2D eigenvalue weighted by Gasteiger charge is -2.14. The van der Waals surface area contributed by atoms with Crippen LogP contribution >= 0.6 is 11.6 Å². The van der Waals surface area contributed by atoms with Gasteiger partial charge in [-0.1, -0.05) is 11.6 Å². The molecule has 0 aromatic heterocycles. The number of ether oxygens (including phenoxy) is 1. The Balaban J connectivity index is 2.56. The molecule has 14 heavy (non-hydrogen) atoms. The first-order chi connectivity index (χ1) is 6.57. The van der Waals surface area contributed by atoms with Gasteiger partial charge in [-0.25, -0.2) is 4.39 Å². The van der Waals surface area contributed by atoms with Gasteiger partial charge in [0.05, 0.1) is 12.7 Å². The van der Waals surface area contributed by atoms with Gasteiger partial charge in [-0.3, -0.25) is 0 Å². The molecule has 0 amide bonds. The molecule has 1 aromatic rings. The summed E-state index contributed by atoms with van der Waals surface area (Å²) in [7, 11) is 1.38. The van der Waals surface area contributed by atoms with Crippen LogP contribution in [0.25, 0.3) is 0 Å². The van der Waals surface area contributed by atoms with Gasteiger partial charge in [0.25, 0.3) is 0 Å². The van der Waals surface area contributed by atoms with Crippen LogP contribution in [-0.4, -0.2) is 12.2 Å². The minimum atomic E-state index is -0.933. The fourth-order valence-corrected chi connectivity index (χ4v) is 1.71. The summed E-state index contributed by atoms with van der Waals surface area (Å²) in [6.07, 6.45) is 1.26. The number of aliphatic hydroxyl groups is 1. The van der Waals surface area contributed by atoms with Crippen LogP contribution in [-0.2, 0) is 5.60 Å². The summed E-state index contributed by atoms with van der Waals surface area (Å²) in [6, 6.07) is 2.73. The van der Waals surface area contributed by atoms with E-state index in [2.05, 4.69) is 0 Å². The van der Waals surface area contributed by atoms with E-state index in [9.17, 15) is 9.50 Å². The molecule has 1 N–H and O–H groups in total. The first-order valence-electron chi connectivity index (χ1n) is 4.33. The van der Waals surface area contributed by atoms with Gasteiger partial charge in [0, 0.05) is 10.6 Å². The van der Waals surface area contributed by atoms with Crippen LogP contribution in [0.3, 0.4) is 0 Å². The number of hydrogen-bond acceptors (Lipinski definition) is 2. The molecule has 2 rings (SSSR count). The van der Waals surface area contributed by atoms with E-state index in [0.29, 0.717) is 18.4 Å². The second-order valence-electron chi connectivity index (χ2n) is 3.50. The van der Waals surface area contributed by atoms with E-state index in [-0.39, 0.29) is 10.8 Å². The molecule has 1 aliphatic carbocycles. The highest BCUT2D eigenvalue weighted by molar-refractivity contribution is 6.30. The molecule has 1 aliphatic rings. The molecule has 4 heteroatoms. The molecule has 1 saturated carbocycles. The maximum Gasteiger partial charge on any atom is 0.166 e. The Bertz CT molecular complexity index is 375.